The highest BCUT2D eigenvalue weighted by atomic mass is 16.6. The number of rotatable bonds is 2. The van der Waals surface area contributed by atoms with Crippen LogP contribution >= 0.6 is 0 Å². The number of hydrogen-bond acceptors (Lipinski definition) is 3. The number of piperazine rings is 1. The molecule has 0 spiro atoms. The third-order valence-corrected chi connectivity index (χ3v) is 3.81. The highest BCUT2D eigenvalue weighted by Gasteiger charge is 2.42. The molecule has 4 heteroatoms. The molecule has 2 aliphatic rings. The van der Waals surface area contributed by atoms with Gasteiger partial charge in [-0.1, -0.05) is 44.2 Å². The quantitative estimate of drug-likeness (QED) is 0.832. The first-order chi connectivity index (χ1) is 9.74. The van der Waals surface area contributed by atoms with Gasteiger partial charge in [0.2, 0.25) is 0 Å². The van der Waals surface area contributed by atoms with E-state index in [-0.39, 0.29) is 18.2 Å². The molecule has 0 aromatic heterocycles. The normalized spacial score (nSPS) is 25.6. The molecule has 2 fully saturated rings. The van der Waals surface area contributed by atoms with E-state index in [2.05, 4.69) is 29.2 Å². The Morgan fingerprint density at radius 3 is 2.60 bits per heavy atom. The van der Waals surface area contributed by atoms with Crippen molar-refractivity contribution in [2.24, 2.45) is 0 Å². The summed E-state index contributed by atoms with van der Waals surface area (Å²) in [6, 6.07) is 10.7. The summed E-state index contributed by atoms with van der Waals surface area (Å²) >= 11 is 0. The van der Waals surface area contributed by atoms with Crippen molar-refractivity contribution in [1.29, 1.82) is 0 Å². The molecule has 1 unspecified atom stereocenters. The topological polar surface area (TPSA) is 32.8 Å². The number of cyclic esters (lactones) is 1. The van der Waals surface area contributed by atoms with Gasteiger partial charge in [0.05, 0.1) is 6.04 Å². The molecule has 20 heavy (non-hydrogen) atoms. The van der Waals surface area contributed by atoms with Gasteiger partial charge in [-0.15, -0.1) is 0 Å². The monoisotopic (exact) mass is 276 g/mol. The van der Waals surface area contributed by atoms with Gasteiger partial charge in [0.25, 0.3) is 0 Å². The third-order valence-electron chi connectivity index (χ3n) is 3.81. The van der Waals surface area contributed by atoms with E-state index in [9.17, 15) is 4.79 Å². The van der Waals surface area contributed by atoms with Crippen LogP contribution in [0.15, 0.2) is 30.3 Å². The van der Waals surface area contributed by atoms with Crippen LogP contribution in [0.4, 0.5) is 4.79 Å². The van der Waals surface area contributed by atoms with E-state index in [1.807, 2.05) is 31.7 Å². The van der Waals surface area contributed by atoms with Gasteiger partial charge in [0.15, 0.2) is 0 Å². The lowest BCUT2D eigenvalue weighted by molar-refractivity contribution is 0.105. The third kappa shape index (κ3) is 3.12. The van der Waals surface area contributed by atoms with Crippen LogP contribution in [0.3, 0.4) is 0 Å². The summed E-state index contributed by atoms with van der Waals surface area (Å²) in [6.07, 6.45) is -0.136. The lowest BCUT2D eigenvalue weighted by atomic mass is 10.1. The first kappa shape index (κ1) is 14.9. The smallest absolute Gasteiger partial charge is 0.410 e. The van der Waals surface area contributed by atoms with Crippen LogP contribution in [0.25, 0.3) is 0 Å². The predicted molar refractivity (Wildman–Crippen MR) is 79.5 cm³/mol. The van der Waals surface area contributed by atoms with Crippen molar-refractivity contribution < 1.29 is 9.53 Å². The van der Waals surface area contributed by atoms with Crippen LogP contribution in [0.1, 0.15) is 26.3 Å². The number of benzene rings is 1. The molecule has 2 saturated heterocycles. The van der Waals surface area contributed by atoms with Crippen molar-refractivity contribution in [3.63, 3.8) is 0 Å². The molecule has 1 amide bonds. The van der Waals surface area contributed by atoms with E-state index < -0.39 is 0 Å². The largest absolute Gasteiger partial charge is 0.444 e. The summed E-state index contributed by atoms with van der Waals surface area (Å²) in [4.78, 5) is 15.8. The fourth-order valence-electron chi connectivity index (χ4n) is 2.79. The number of carbonyl (C=O) groups is 1. The van der Waals surface area contributed by atoms with Gasteiger partial charge >= 0.3 is 6.09 Å². The maximum Gasteiger partial charge on any atom is 0.410 e. The van der Waals surface area contributed by atoms with E-state index in [1.165, 1.54) is 5.56 Å². The second-order valence-corrected chi connectivity index (χ2v) is 5.07. The van der Waals surface area contributed by atoms with Crippen molar-refractivity contribution in [1.82, 2.24) is 9.80 Å². The van der Waals surface area contributed by atoms with E-state index in [0.717, 1.165) is 26.2 Å². The SMILES string of the molecule is CC.CC1OC(=O)N2CCN(Cc3ccccc3)C[C@@H]12. The highest BCUT2D eigenvalue weighted by Crippen LogP contribution is 2.24. The molecule has 1 aromatic rings. The fraction of sp³-hybridized carbons (Fsp3) is 0.562. The van der Waals surface area contributed by atoms with Crippen LogP contribution in [-0.4, -0.2) is 47.7 Å². The van der Waals surface area contributed by atoms with E-state index in [0.29, 0.717) is 0 Å². The molecule has 2 aliphatic heterocycles. The van der Waals surface area contributed by atoms with Gasteiger partial charge in [-0.3, -0.25) is 9.80 Å². The van der Waals surface area contributed by atoms with Gasteiger partial charge in [-0.05, 0) is 12.5 Å². The Kier molecular flexibility index (Phi) is 5.01. The number of nitrogens with zero attached hydrogens (tertiary/aromatic N) is 2. The first-order valence-corrected chi connectivity index (χ1v) is 7.47. The molecule has 0 saturated carbocycles. The minimum Gasteiger partial charge on any atom is -0.444 e. The molecule has 0 bridgehead atoms. The van der Waals surface area contributed by atoms with Gasteiger partial charge in [-0.2, -0.15) is 0 Å². The van der Waals surface area contributed by atoms with Crippen molar-refractivity contribution in [2.75, 3.05) is 19.6 Å². The van der Waals surface area contributed by atoms with Gasteiger partial charge in [0, 0.05) is 26.2 Å². The van der Waals surface area contributed by atoms with Crippen LogP contribution in [0, 0.1) is 0 Å². The number of amides is 1. The molecule has 0 N–H and O–H groups in total. The Balaban J connectivity index is 0.000000704. The summed E-state index contributed by atoms with van der Waals surface area (Å²) < 4.78 is 5.27. The highest BCUT2D eigenvalue weighted by molar-refractivity contribution is 5.70. The second kappa shape index (κ2) is 6.75. The van der Waals surface area contributed by atoms with E-state index in [1.54, 1.807) is 0 Å². The molecule has 110 valence electrons. The van der Waals surface area contributed by atoms with Crippen molar-refractivity contribution in [3.05, 3.63) is 35.9 Å². The van der Waals surface area contributed by atoms with Crippen LogP contribution < -0.4 is 0 Å². The summed E-state index contributed by atoms with van der Waals surface area (Å²) in [5.74, 6) is 0. The first-order valence-electron chi connectivity index (χ1n) is 7.47. The average Bonchev–Trinajstić information content (AvgIpc) is 2.77. The fourth-order valence-corrected chi connectivity index (χ4v) is 2.79. The lowest BCUT2D eigenvalue weighted by Gasteiger charge is -2.36. The number of ether oxygens (including phenoxy) is 1. The summed E-state index contributed by atoms with van der Waals surface area (Å²) in [5.41, 5.74) is 1.32. The Bertz CT molecular complexity index is 435. The zero-order valence-corrected chi connectivity index (χ0v) is 12.6. The predicted octanol–water partition coefficient (Wildman–Crippen LogP) is 2.74. The molecular formula is C16H24N2O2. The lowest BCUT2D eigenvalue weighted by Crippen LogP contribution is -2.53. The Labute approximate surface area is 121 Å². The van der Waals surface area contributed by atoms with E-state index in [4.69, 9.17) is 4.74 Å². The average molecular weight is 276 g/mol. The Hall–Kier alpha value is -1.55. The van der Waals surface area contributed by atoms with Gasteiger partial charge in [-0.25, -0.2) is 4.79 Å². The molecule has 1 aromatic carbocycles. The van der Waals surface area contributed by atoms with Gasteiger partial charge in [0.1, 0.15) is 6.10 Å². The molecule has 3 rings (SSSR count). The van der Waals surface area contributed by atoms with Crippen LogP contribution in [-0.2, 0) is 11.3 Å². The van der Waals surface area contributed by atoms with Crippen LogP contribution in [0.2, 0.25) is 0 Å². The molecular weight excluding hydrogens is 252 g/mol. The summed E-state index contributed by atoms with van der Waals surface area (Å²) in [6.45, 7) is 9.54. The maximum absolute atomic E-state index is 11.6. The molecule has 0 aliphatic carbocycles. The zero-order valence-electron chi connectivity index (χ0n) is 12.6. The second-order valence-electron chi connectivity index (χ2n) is 5.07. The standard InChI is InChI=1S/C14H18N2O2.C2H6/c1-11-13-10-15(7-8-16(13)14(17)18-11)9-12-5-3-2-4-6-12;1-2/h2-6,11,13H,7-10H2,1H3;1-2H3/t11?,13-;/m0./s1. The van der Waals surface area contributed by atoms with Crippen molar-refractivity contribution >= 4 is 6.09 Å². The number of hydrogen-bond donors (Lipinski definition) is 0. The zero-order chi connectivity index (χ0) is 14.5. The summed E-state index contributed by atoms with van der Waals surface area (Å²) in [7, 11) is 0. The molecule has 2 heterocycles. The van der Waals surface area contributed by atoms with Crippen LogP contribution in [0.5, 0.6) is 0 Å². The number of fused-ring (bicyclic) bond motifs is 1. The van der Waals surface area contributed by atoms with Gasteiger partial charge < -0.3 is 4.74 Å². The Morgan fingerprint density at radius 2 is 1.90 bits per heavy atom. The Morgan fingerprint density at radius 1 is 1.20 bits per heavy atom. The molecule has 2 atom stereocenters. The molecule has 4 nitrogen and oxygen atoms in total. The maximum atomic E-state index is 11.6. The van der Waals surface area contributed by atoms with Crippen molar-refractivity contribution in [2.45, 2.75) is 39.5 Å². The molecule has 0 radical (unpaired) electrons. The van der Waals surface area contributed by atoms with Crippen molar-refractivity contribution in [3.8, 4) is 0 Å². The van der Waals surface area contributed by atoms with E-state index >= 15 is 0 Å². The summed E-state index contributed by atoms with van der Waals surface area (Å²) in [5, 5.41) is 0. The minimum atomic E-state index is -0.146. The number of carbonyl (C=O) groups excluding carboxylic acids is 1. The minimum absolute atomic E-state index is 0.0103.